The maximum absolute atomic E-state index is 12.4. The average Bonchev–Trinajstić information content (AvgIpc) is 2.79. The summed E-state index contributed by atoms with van der Waals surface area (Å²) in [5, 5.41) is 10.5. The van der Waals surface area contributed by atoms with Crippen molar-refractivity contribution in [1.82, 2.24) is 4.90 Å². The number of carbonyl (C=O) groups is 1. The minimum absolute atomic E-state index is 0.0364. The Labute approximate surface area is 134 Å². The van der Waals surface area contributed by atoms with Crippen LogP contribution in [0.3, 0.4) is 0 Å². The van der Waals surface area contributed by atoms with Gasteiger partial charge in [0.25, 0.3) is 5.91 Å². The smallest absolute Gasteiger partial charge is 0.266 e. The molecule has 5 nitrogen and oxygen atoms in total. The summed E-state index contributed by atoms with van der Waals surface area (Å²) in [6.07, 6.45) is 1.80. The highest BCUT2D eigenvalue weighted by Crippen LogP contribution is 2.34. The van der Waals surface area contributed by atoms with Gasteiger partial charge in [-0.1, -0.05) is 6.07 Å². The number of benzene rings is 1. The van der Waals surface area contributed by atoms with E-state index >= 15 is 0 Å². The van der Waals surface area contributed by atoms with Gasteiger partial charge in [-0.25, -0.2) is 0 Å². The van der Waals surface area contributed by atoms with Crippen molar-refractivity contribution in [3.8, 4) is 11.5 Å². The van der Waals surface area contributed by atoms with Crippen LogP contribution in [0.25, 0.3) is 6.08 Å². The molecule has 6 heteroatoms. The Kier molecular flexibility index (Phi) is 5.49. The molecule has 1 aromatic rings. The second-order valence-electron chi connectivity index (χ2n) is 4.58. The fourth-order valence-corrected chi connectivity index (χ4v) is 3.19. The lowest BCUT2D eigenvalue weighted by Crippen LogP contribution is -2.28. The van der Waals surface area contributed by atoms with E-state index in [4.69, 9.17) is 4.74 Å². The Hall–Kier alpha value is -1.95. The number of likely N-dealkylation sites (N-methyl/N-ethyl adjacent to an activating group) is 1. The van der Waals surface area contributed by atoms with Gasteiger partial charge in [0.2, 0.25) is 0 Å². The number of amidine groups is 1. The SMILES string of the molecule is CCN=C1S/C(=C\c2ccc(O)c(OCC)c2)C(=O)N1CC. The minimum Gasteiger partial charge on any atom is -0.504 e. The van der Waals surface area contributed by atoms with Gasteiger partial charge in [0, 0.05) is 13.1 Å². The van der Waals surface area contributed by atoms with Crippen LogP contribution in [-0.4, -0.2) is 40.8 Å². The average molecular weight is 320 g/mol. The Morgan fingerprint density at radius 3 is 2.77 bits per heavy atom. The summed E-state index contributed by atoms with van der Waals surface area (Å²) in [7, 11) is 0. The predicted octanol–water partition coefficient (Wildman–Crippen LogP) is 3.10. The normalized spacial score (nSPS) is 18.5. The maximum Gasteiger partial charge on any atom is 0.266 e. The van der Waals surface area contributed by atoms with Gasteiger partial charge in [0.05, 0.1) is 11.5 Å². The summed E-state index contributed by atoms with van der Waals surface area (Å²) in [5.74, 6) is 0.477. The van der Waals surface area contributed by atoms with E-state index in [0.717, 1.165) is 10.7 Å². The van der Waals surface area contributed by atoms with Crippen LogP contribution in [-0.2, 0) is 4.79 Å². The molecule has 0 radical (unpaired) electrons. The van der Waals surface area contributed by atoms with Crippen molar-refractivity contribution in [2.75, 3.05) is 19.7 Å². The van der Waals surface area contributed by atoms with Crippen molar-refractivity contribution >= 4 is 28.9 Å². The summed E-state index contributed by atoms with van der Waals surface area (Å²) >= 11 is 1.38. The molecule has 1 saturated heterocycles. The zero-order chi connectivity index (χ0) is 16.1. The Morgan fingerprint density at radius 2 is 2.14 bits per heavy atom. The number of hydrogen-bond acceptors (Lipinski definition) is 5. The van der Waals surface area contributed by atoms with E-state index in [1.165, 1.54) is 11.8 Å². The molecule has 1 heterocycles. The van der Waals surface area contributed by atoms with Gasteiger partial charge < -0.3 is 9.84 Å². The predicted molar refractivity (Wildman–Crippen MR) is 90.2 cm³/mol. The number of thioether (sulfide) groups is 1. The monoisotopic (exact) mass is 320 g/mol. The molecule has 1 aromatic carbocycles. The van der Waals surface area contributed by atoms with E-state index in [2.05, 4.69) is 4.99 Å². The third kappa shape index (κ3) is 3.44. The lowest BCUT2D eigenvalue weighted by atomic mass is 10.2. The summed E-state index contributed by atoms with van der Waals surface area (Å²) in [6.45, 7) is 7.45. The first kappa shape index (κ1) is 16.4. The Bertz CT molecular complexity index is 626. The second kappa shape index (κ2) is 7.35. The first-order valence-electron chi connectivity index (χ1n) is 7.32. The van der Waals surface area contributed by atoms with Crippen LogP contribution < -0.4 is 4.74 Å². The highest BCUT2D eigenvalue weighted by atomic mass is 32.2. The number of aromatic hydroxyl groups is 1. The molecule has 1 fully saturated rings. The Balaban J connectivity index is 2.31. The molecule has 1 aliphatic heterocycles. The maximum atomic E-state index is 12.4. The van der Waals surface area contributed by atoms with Crippen molar-refractivity contribution < 1.29 is 14.6 Å². The molecule has 1 amide bonds. The van der Waals surface area contributed by atoms with Crippen molar-refractivity contribution in [2.45, 2.75) is 20.8 Å². The van der Waals surface area contributed by atoms with Gasteiger partial charge >= 0.3 is 0 Å². The molecule has 0 unspecified atom stereocenters. The van der Waals surface area contributed by atoms with Crippen molar-refractivity contribution in [3.63, 3.8) is 0 Å². The largest absolute Gasteiger partial charge is 0.504 e. The first-order chi connectivity index (χ1) is 10.6. The molecule has 0 saturated carbocycles. The lowest BCUT2D eigenvalue weighted by molar-refractivity contribution is -0.122. The van der Waals surface area contributed by atoms with E-state index in [0.29, 0.717) is 30.4 Å². The van der Waals surface area contributed by atoms with Crippen molar-refractivity contribution in [1.29, 1.82) is 0 Å². The van der Waals surface area contributed by atoms with E-state index in [1.54, 1.807) is 29.2 Å². The lowest BCUT2D eigenvalue weighted by Gasteiger charge is -2.11. The third-order valence-corrected chi connectivity index (χ3v) is 4.12. The number of rotatable bonds is 5. The van der Waals surface area contributed by atoms with Crippen LogP contribution in [0.2, 0.25) is 0 Å². The molecule has 2 rings (SSSR count). The zero-order valence-corrected chi connectivity index (χ0v) is 13.8. The molecule has 0 spiro atoms. The molecule has 0 aromatic heterocycles. The van der Waals surface area contributed by atoms with Crippen LogP contribution in [0.5, 0.6) is 11.5 Å². The standard InChI is InChI=1S/C16H20N2O3S/c1-4-17-16-18(5-2)15(20)14(22-16)10-11-7-8-12(19)13(9-11)21-6-3/h7-10,19H,4-6H2,1-3H3/b14-10-,17-16?. The number of hydrogen-bond donors (Lipinski definition) is 1. The fraction of sp³-hybridized carbons (Fsp3) is 0.375. The van der Waals surface area contributed by atoms with Gasteiger partial charge in [-0.05, 0) is 56.3 Å². The topological polar surface area (TPSA) is 62.1 Å². The fourth-order valence-electron chi connectivity index (χ4n) is 2.08. The highest BCUT2D eigenvalue weighted by Gasteiger charge is 2.31. The van der Waals surface area contributed by atoms with Gasteiger partial charge in [-0.3, -0.25) is 14.7 Å². The molecule has 0 bridgehead atoms. The molecular weight excluding hydrogens is 300 g/mol. The van der Waals surface area contributed by atoms with Gasteiger partial charge in [0.15, 0.2) is 16.7 Å². The molecular formula is C16H20N2O3S. The van der Waals surface area contributed by atoms with Crippen LogP contribution in [0.1, 0.15) is 26.3 Å². The number of ether oxygens (including phenoxy) is 1. The molecule has 0 aliphatic carbocycles. The van der Waals surface area contributed by atoms with Gasteiger partial charge in [-0.15, -0.1) is 0 Å². The van der Waals surface area contributed by atoms with Gasteiger partial charge in [-0.2, -0.15) is 0 Å². The van der Waals surface area contributed by atoms with Crippen LogP contribution in [0, 0.1) is 0 Å². The van der Waals surface area contributed by atoms with Gasteiger partial charge in [0.1, 0.15) is 0 Å². The molecule has 0 atom stereocenters. The number of aliphatic imine (C=N–C) groups is 1. The molecule has 1 aliphatic rings. The first-order valence-corrected chi connectivity index (χ1v) is 8.14. The quantitative estimate of drug-likeness (QED) is 0.847. The molecule has 1 N–H and O–H groups in total. The van der Waals surface area contributed by atoms with Crippen LogP contribution >= 0.6 is 11.8 Å². The summed E-state index contributed by atoms with van der Waals surface area (Å²) in [4.78, 5) is 19.0. The summed E-state index contributed by atoms with van der Waals surface area (Å²) < 4.78 is 5.37. The molecule has 22 heavy (non-hydrogen) atoms. The summed E-state index contributed by atoms with van der Waals surface area (Å²) in [5.41, 5.74) is 0.811. The van der Waals surface area contributed by atoms with E-state index in [-0.39, 0.29) is 11.7 Å². The number of phenols is 1. The van der Waals surface area contributed by atoms with E-state index in [1.807, 2.05) is 20.8 Å². The summed E-state index contributed by atoms with van der Waals surface area (Å²) in [6, 6.07) is 5.05. The van der Waals surface area contributed by atoms with Crippen molar-refractivity contribution in [3.05, 3.63) is 28.7 Å². The molecule has 118 valence electrons. The number of nitrogens with zero attached hydrogens (tertiary/aromatic N) is 2. The van der Waals surface area contributed by atoms with E-state index < -0.39 is 0 Å². The minimum atomic E-state index is -0.0364. The second-order valence-corrected chi connectivity index (χ2v) is 5.59. The third-order valence-electron chi connectivity index (χ3n) is 3.08. The van der Waals surface area contributed by atoms with Crippen molar-refractivity contribution in [2.24, 2.45) is 4.99 Å². The highest BCUT2D eigenvalue weighted by molar-refractivity contribution is 8.18. The van der Waals surface area contributed by atoms with E-state index in [9.17, 15) is 9.90 Å². The van der Waals surface area contributed by atoms with Crippen LogP contribution in [0.4, 0.5) is 0 Å². The zero-order valence-electron chi connectivity index (χ0n) is 13.0. The Morgan fingerprint density at radius 1 is 1.36 bits per heavy atom. The number of amides is 1. The number of phenolic OH excluding ortho intramolecular Hbond substituents is 1. The number of carbonyl (C=O) groups excluding carboxylic acids is 1. The van der Waals surface area contributed by atoms with Crippen LogP contribution in [0.15, 0.2) is 28.1 Å².